The van der Waals surface area contributed by atoms with Crippen molar-refractivity contribution in [1.29, 1.82) is 0 Å². The lowest BCUT2D eigenvalue weighted by Gasteiger charge is -2.21. The molecule has 1 aliphatic heterocycles. The normalized spacial score (nSPS) is 19.8. The quantitative estimate of drug-likeness (QED) is 0.387. The van der Waals surface area contributed by atoms with Gasteiger partial charge in [0.05, 0.1) is 0 Å². The Kier molecular flexibility index (Phi) is 4.00. The second kappa shape index (κ2) is 5.07. The number of carbonyl (C=O) groups excluding carboxylic acids is 1. The summed E-state index contributed by atoms with van der Waals surface area (Å²) in [6.45, 7) is 2.00. The first-order valence-electron chi connectivity index (χ1n) is 4.97. The largest absolute Gasteiger partial charge is 0.354 e. The monoisotopic (exact) mass is 241 g/mol. The van der Waals surface area contributed by atoms with Gasteiger partial charge in [-0.15, -0.1) is 0 Å². The molecule has 0 saturated carbocycles. The lowest BCUT2D eigenvalue weighted by atomic mass is 10.1. The highest BCUT2D eigenvalue weighted by molar-refractivity contribution is 7.80. The second-order valence-corrected chi connectivity index (χ2v) is 4.31. The van der Waals surface area contributed by atoms with Crippen molar-refractivity contribution in [3.05, 3.63) is 11.8 Å². The molecule has 16 heavy (non-hydrogen) atoms. The Morgan fingerprint density at radius 2 is 2.19 bits per heavy atom. The third-order valence-corrected chi connectivity index (χ3v) is 2.88. The van der Waals surface area contributed by atoms with Gasteiger partial charge in [0.25, 0.3) is 0 Å². The molecule has 0 bridgehead atoms. The number of allylic oxidation sites excluding steroid dienone is 1. The van der Waals surface area contributed by atoms with E-state index in [1.54, 1.807) is 17.2 Å². The number of hydrazine groups is 1. The fourth-order valence-corrected chi connectivity index (χ4v) is 1.27. The van der Waals surface area contributed by atoms with E-state index in [1.165, 1.54) is 0 Å². The number of hydrogen-bond acceptors (Lipinski definition) is 3. The van der Waals surface area contributed by atoms with E-state index in [0.717, 1.165) is 5.70 Å². The molecule has 88 valence electrons. The molecule has 0 fully saturated rings. The van der Waals surface area contributed by atoms with E-state index in [4.69, 9.17) is 12.2 Å². The van der Waals surface area contributed by atoms with E-state index in [1.807, 2.05) is 32.6 Å². The van der Waals surface area contributed by atoms with Crippen LogP contribution in [0.3, 0.4) is 0 Å². The molecule has 1 rings (SSSR count). The maximum absolute atomic E-state index is 11.3. The van der Waals surface area contributed by atoms with Crippen molar-refractivity contribution in [3.8, 4) is 0 Å². The molecule has 0 aromatic rings. The van der Waals surface area contributed by atoms with Crippen LogP contribution in [0.5, 0.6) is 0 Å². The average Bonchev–Trinajstić information content (AvgIpc) is 2.20. The van der Waals surface area contributed by atoms with Crippen molar-refractivity contribution in [3.63, 3.8) is 0 Å². The Labute approximate surface area is 101 Å². The Morgan fingerprint density at radius 3 is 2.75 bits per heavy atom. The molecule has 0 spiro atoms. The van der Waals surface area contributed by atoms with Gasteiger partial charge in [-0.25, -0.2) is 4.58 Å². The Morgan fingerprint density at radius 1 is 1.56 bits per heavy atom. The Bertz CT molecular complexity index is 373. The fourth-order valence-electron chi connectivity index (χ4n) is 1.22. The van der Waals surface area contributed by atoms with Gasteiger partial charge in [-0.05, 0) is 12.2 Å². The summed E-state index contributed by atoms with van der Waals surface area (Å²) in [6.07, 6.45) is 3.13. The molecule has 1 aliphatic rings. The van der Waals surface area contributed by atoms with Crippen molar-refractivity contribution in [1.82, 2.24) is 15.8 Å². The first kappa shape index (κ1) is 12.6. The summed E-state index contributed by atoms with van der Waals surface area (Å²) < 4.78 is 1.85. The molecule has 2 N–H and O–H groups in total. The molecular weight excluding hydrogens is 224 g/mol. The zero-order valence-corrected chi connectivity index (χ0v) is 10.8. The number of thiocarbonyl (C=S) groups is 1. The molecule has 0 aromatic carbocycles. The number of hydrogen-bond donors (Lipinski definition) is 2. The highest BCUT2D eigenvalue weighted by Crippen LogP contribution is 2.04. The molecule has 0 amide bonds. The molecule has 6 heteroatoms. The highest BCUT2D eigenvalue weighted by atomic mass is 32.1. The first-order valence-corrected chi connectivity index (χ1v) is 5.38. The second-order valence-electron chi connectivity index (χ2n) is 3.92. The van der Waals surface area contributed by atoms with E-state index >= 15 is 0 Å². The number of ketones is 1. The summed E-state index contributed by atoms with van der Waals surface area (Å²) in [6, 6.07) is 0.121. The van der Waals surface area contributed by atoms with Crippen molar-refractivity contribution < 1.29 is 9.37 Å². The van der Waals surface area contributed by atoms with Gasteiger partial charge in [0.1, 0.15) is 12.7 Å². The predicted octanol–water partition coefficient (Wildman–Crippen LogP) is -0.505. The van der Waals surface area contributed by atoms with Crippen LogP contribution in [0.4, 0.5) is 0 Å². The lowest BCUT2D eigenvalue weighted by Crippen LogP contribution is -2.47. The Hall–Kier alpha value is -1.43. The van der Waals surface area contributed by atoms with E-state index in [9.17, 15) is 4.79 Å². The van der Waals surface area contributed by atoms with Gasteiger partial charge in [0.2, 0.25) is 12.0 Å². The van der Waals surface area contributed by atoms with Gasteiger partial charge < -0.3 is 4.90 Å². The molecular formula is C10H17N4OS+. The molecule has 1 heterocycles. The van der Waals surface area contributed by atoms with Gasteiger partial charge in [0.15, 0.2) is 11.2 Å². The number of nitrogens with one attached hydrogen (secondary N) is 2. The van der Waals surface area contributed by atoms with Crippen molar-refractivity contribution in [2.45, 2.75) is 13.0 Å². The van der Waals surface area contributed by atoms with Gasteiger partial charge >= 0.3 is 0 Å². The minimum atomic E-state index is -0.0272. The molecule has 5 nitrogen and oxygen atoms in total. The van der Waals surface area contributed by atoms with Gasteiger partial charge in [-0.3, -0.25) is 15.6 Å². The SMILES string of the molecule is CC1C(NNC(=S)N(C)C)=CC(=O)C=[N+]1C. The summed E-state index contributed by atoms with van der Waals surface area (Å²) in [5.41, 5.74) is 6.63. The van der Waals surface area contributed by atoms with Crippen LogP contribution in [0.1, 0.15) is 6.92 Å². The Balaban J connectivity index is 2.61. The van der Waals surface area contributed by atoms with Crippen LogP contribution in [-0.4, -0.2) is 53.8 Å². The van der Waals surface area contributed by atoms with E-state index in [0.29, 0.717) is 5.11 Å². The van der Waals surface area contributed by atoms with E-state index in [2.05, 4.69) is 10.9 Å². The summed E-state index contributed by atoms with van der Waals surface area (Å²) in [5.74, 6) is -0.0272. The van der Waals surface area contributed by atoms with Crippen molar-refractivity contribution in [2.75, 3.05) is 21.1 Å². The van der Waals surface area contributed by atoms with Crippen LogP contribution in [0, 0.1) is 0 Å². The smallest absolute Gasteiger partial charge is 0.243 e. The fraction of sp³-hybridized carbons (Fsp3) is 0.500. The molecule has 0 saturated heterocycles. The zero-order valence-electron chi connectivity index (χ0n) is 9.94. The topological polar surface area (TPSA) is 47.4 Å². The van der Waals surface area contributed by atoms with Crippen LogP contribution < -0.4 is 10.9 Å². The van der Waals surface area contributed by atoms with Crippen molar-refractivity contribution >= 4 is 29.3 Å². The standard InChI is InChI=1S/C10H16N4OS/c1-7-9(5-8(15)6-14(7)4)11-12-10(16)13(2)3/h5-7,15H,1-4H3/p+1. The van der Waals surface area contributed by atoms with Crippen LogP contribution in [-0.2, 0) is 4.79 Å². The van der Waals surface area contributed by atoms with Gasteiger partial charge in [-0.2, -0.15) is 0 Å². The summed E-state index contributed by atoms with van der Waals surface area (Å²) in [4.78, 5) is 13.1. The maximum atomic E-state index is 11.3. The average molecular weight is 241 g/mol. The lowest BCUT2D eigenvalue weighted by molar-refractivity contribution is -0.520. The third-order valence-electron chi connectivity index (χ3n) is 2.41. The van der Waals surface area contributed by atoms with Crippen LogP contribution in [0.15, 0.2) is 11.8 Å². The van der Waals surface area contributed by atoms with Crippen LogP contribution in [0.2, 0.25) is 0 Å². The number of likely N-dealkylation sites (N-methyl/N-ethyl adjacent to an activating group) is 1. The summed E-state index contributed by atoms with van der Waals surface area (Å²) in [5, 5.41) is 0.567. The maximum Gasteiger partial charge on any atom is 0.243 e. The van der Waals surface area contributed by atoms with E-state index < -0.39 is 0 Å². The molecule has 0 aliphatic carbocycles. The van der Waals surface area contributed by atoms with E-state index in [-0.39, 0.29) is 11.8 Å². The van der Waals surface area contributed by atoms with Gasteiger partial charge in [0, 0.05) is 27.1 Å². The molecule has 1 unspecified atom stereocenters. The zero-order chi connectivity index (χ0) is 12.3. The third kappa shape index (κ3) is 3.03. The molecule has 1 atom stereocenters. The minimum Gasteiger partial charge on any atom is -0.354 e. The number of carbonyl (C=O) groups is 1. The number of nitrogens with zero attached hydrogens (tertiary/aromatic N) is 2. The summed E-state index contributed by atoms with van der Waals surface area (Å²) in [7, 11) is 5.56. The molecule has 0 aromatic heterocycles. The minimum absolute atomic E-state index is 0.0272. The molecule has 0 radical (unpaired) electrons. The van der Waals surface area contributed by atoms with Crippen molar-refractivity contribution in [2.24, 2.45) is 0 Å². The van der Waals surface area contributed by atoms with Gasteiger partial charge in [-0.1, -0.05) is 0 Å². The first-order chi connectivity index (χ1) is 7.41. The number of rotatable bonds is 2. The van der Waals surface area contributed by atoms with Crippen LogP contribution in [0.25, 0.3) is 0 Å². The summed E-state index contributed by atoms with van der Waals surface area (Å²) >= 11 is 5.06. The predicted molar refractivity (Wildman–Crippen MR) is 67.4 cm³/mol. The van der Waals surface area contributed by atoms with Crippen LogP contribution >= 0.6 is 12.2 Å². The highest BCUT2D eigenvalue weighted by Gasteiger charge is 2.23.